The first-order valence-electron chi connectivity index (χ1n) is 13.7. The molecular formula is C28H40N4O2S2. The van der Waals surface area contributed by atoms with Gasteiger partial charge < -0.3 is 9.80 Å². The first-order chi connectivity index (χ1) is 17.6. The number of aromatic nitrogens is 2. The van der Waals surface area contributed by atoms with Gasteiger partial charge in [0.2, 0.25) is 11.8 Å². The number of thioether (sulfide) groups is 2. The molecule has 0 saturated heterocycles. The lowest BCUT2D eigenvalue weighted by atomic mass is 9.94. The maximum absolute atomic E-state index is 13.2. The number of carbonyl (C=O) groups excluding carboxylic acids is 2. The Balaban J connectivity index is 1.45. The fourth-order valence-electron chi connectivity index (χ4n) is 5.64. The Morgan fingerprint density at radius 2 is 1.11 bits per heavy atom. The van der Waals surface area contributed by atoms with Crippen LogP contribution in [0.2, 0.25) is 0 Å². The van der Waals surface area contributed by atoms with Gasteiger partial charge in [-0.1, -0.05) is 74.2 Å². The summed E-state index contributed by atoms with van der Waals surface area (Å²) in [6.45, 7) is 5.65. The van der Waals surface area contributed by atoms with E-state index in [1.165, 1.54) is 62.0 Å². The van der Waals surface area contributed by atoms with Crippen LogP contribution in [0.5, 0.6) is 0 Å². The van der Waals surface area contributed by atoms with E-state index in [1.54, 1.807) is 0 Å². The van der Waals surface area contributed by atoms with Crippen LogP contribution in [-0.2, 0) is 9.59 Å². The highest BCUT2D eigenvalue weighted by Gasteiger charge is 2.26. The van der Waals surface area contributed by atoms with Crippen LogP contribution in [0.4, 0.5) is 0 Å². The molecule has 2 saturated carbocycles. The van der Waals surface area contributed by atoms with E-state index in [0.717, 1.165) is 59.9 Å². The first-order valence-corrected chi connectivity index (χ1v) is 15.7. The molecule has 36 heavy (non-hydrogen) atoms. The van der Waals surface area contributed by atoms with Crippen molar-refractivity contribution in [2.45, 2.75) is 100 Å². The standard InChI is InChI=1S/C28H40N4O2S2/c1-3-31(21-13-7-5-8-14-21)25(33)19-35-27-28(30-24-18-12-11-17-23(24)29-27)36-20-26(34)32(4-2)22-15-9-6-10-16-22/h11-12,17-18,21-22H,3-10,13-16,19-20H2,1-2H3. The van der Waals surface area contributed by atoms with Crippen molar-refractivity contribution < 1.29 is 9.59 Å². The molecule has 6 nitrogen and oxygen atoms in total. The van der Waals surface area contributed by atoms with Crippen LogP contribution < -0.4 is 0 Å². The molecule has 0 radical (unpaired) electrons. The molecule has 0 unspecified atom stereocenters. The average Bonchev–Trinajstić information content (AvgIpc) is 2.92. The minimum Gasteiger partial charge on any atom is -0.339 e. The van der Waals surface area contributed by atoms with Crippen molar-refractivity contribution in [2.75, 3.05) is 24.6 Å². The molecule has 1 aromatic carbocycles. The van der Waals surface area contributed by atoms with Crippen molar-refractivity contribution in [2.24, 2.45) is 0 Å². The average molecular weight is 529 g/mol. The van der Waals surface area contributed by atoms with Crippen molar-refractivity contribution in [1.82, 2.24) is 19.8 Å². The molecule has 2 aliphatic rings. The van der Waals surface area contributed by atoms with Crippen LogP contribution in [0.15, 0.2) is 34.3 Å². The lowest BCUT2D eigenvalue weighted by molar-refractivity contribution is -0.131. The molecule has 1 heterocycles. The highest BCUT2D eigenvalue weighted by atomic mass is 32.2. The second-order valence-corrected chi connectivity index (χ2v) is 11.8. The summed E-state index contributed by atoms with van der Waals surface area (Å²) in [5, 5.41) is 1.50. The summed E-state index contributed by atoms with van der Waals surface area (Å²) in [5.74, 6) is 1.04. The maximum atomic E-state index is 13.2. The molecule has 0 N–H and O–H groups in total. The molecule has 196 valence electrons. The third-order valence-corrected chi connectivity index (χ3v) is 9.55. The Bertz CT molecular complexity index is 941. The number of benzene rings is 1. The summed E-state index contributed by atoms with van der Waals surface area (Å²) in [5.41, 5.74) is 1.64. The molecule has 2 aliphatic carbocycles. The third-order valence-electron chi connectivity index (χ3n) is 7.53. The van der Waals surface area contributed by atoms with Gasteiger partial charge >= 0.3 is 0 Å². The van der Waals surface area contributed by atoms with Crippen LogP contribution in [0.3, 0.4) is 0 Å². The number of carbonyl (C=O) groups is 2. The molecule has 2 fully saturated rings. The van der Waals surface area contributed by atoms with E-state index in [0.29, 0.717) is 23.6 Å². The lowest BCUT2D eigenvalue weighted by Crippen LogP contribution is -2.42. The largest absolute Gasteiger partial charge is 0.339 e. The number of hydrogen-bond donors (Lipinski definition) is 0. The fourth-order valence-corrected chi connectivity index (χ4v) is 7.51. The van der Waals surface area contributed by atoms with E-state index in [1.807, 2.05) is 24.3 Å². The van der Waals surface area contributed by atoms with Crippen LogP contribution >= 0.6 is 23.5 Å². The Morgan fingerprint density at radius 3 is 1.47 bits per heavy atom. The molecule has 0 bridgehead atoms. The molecular weight excluding hydrogens is 488 g/mol. The van der Waals surface area contributed by atoms with Crippen molar-refractivity contribution in [3.63, 3.8) is 0 Å². The highest BCUT2D eigenvalue weighted by Crippen LogP contribution is 2.32. The predicted octanol–water partition coefficient (Wildman–Crippen LogP) is 6.18. The van der Waals surface area contributed by atoms with Gasteiger partial charge in [0.15, 0.2) is 0 Å². The zero-order valence-corrected chi connectivity index (χ0v) is 23.4. The number of nitrogens with zero attached hydrogens (tertiary/aromatic N) is 4. The third kappa shape index (κ3) is 6.94. The smallest absolute Gasteiger partial charge is 0.233 e. The highest BCUT2D eigenvalue weighted by molar-refractivity contribution is 8.02. The van der Waals surface area contributed by atoms with Crippen molar-refractivity contribution in [3.05, 3.63) is 24.3 Å². The van der Waals surface area contributed by atoms with Gasteiger partial charge in [-0.05, 0) is 51.7 Å². The molecule has 0 atom stereocenters. The van der Waals surface area contributed by atoms with Gasteiger partial charge in [-0.25, -0.2) is 9.97 Å². The van der Waals surface area contributed by atoms with Crippen LogP contribution in [-0.4, -0.2) is 68.3 Å². The van der Waals surface area contributed by atoms with Gasteiger partial charge in [-0.15, -0.1) is 0 Å². The SMILES string of the molecule is CCN(C(=O)CSc1nc2ccccc2nc1SCC(=O)N(CC)C1CCCCC1)C1CCCCC1. The van der Waals surface area contributed by atoms with E-state index in [4.69, 9.17) is 9.97 Å². The monoisotopic (exact) mass is 528 g/mol. The van der Waals surface area contributed by atoms with E-state index < -0.39 is 0 Å². The van der Waals surface area contributed by atoms with Crippen LogP contribution in [0, 0.1) is 0 Å². The number of para-hydroxylation sites is 2. The molecule has 2 amide bonds. The summed E-state index contributed by atoms with van der Waals surface area (Å²) >= 11 is 2.92. The Hall–Kier alpha value is -1.80. The second-order valence-electron chi connectivity index (χ2n) is 9.84. The summed E-state index contributed by atoms with van der Waals surface area (Å²) < 4.78 is 0. The second kappa shape index (κ2) is 13.7. The minimum absolute atomic E-state index is 0.172. The zero-order chi connectivity index (χ0) is 25.3. The van der Waals surface area contributed by atoms with Gasteiger partial charge in [0.1, 0.15) is 10.1 Å². The zero-order valence-electron chi connectivity index (χ0n) is 21.8. The van der Waals surface area contributed by atoms with E-state index in [9.17, 15) is 9.59 Å². The molecule has 2 aromatic rings. The van der Waals surface area contributed by atoms with Crippen LogP contribution in [0.1, 0.15) is 78.1 Å². The number of rotatable bonds is 10. The first kappa shape index (κ1) is 27.2. The predicted molar refractivity (Wildman–Crippen MR) is 150 cm³/mol. The van der Waals surface area contributed by atoms with E-state index in [-0.39, 0.29) is 11.8 Å². The summed E-state index contributed by atoms with van der Waals surface area (Å²) in [6, 6.07) is 8.55. The Kier molecular flexibility index (Phi) is 10.3. The van der Waals surface area contributed by atoms with Gasteiger partial charge in [-0.2, -0.15) is 0 Å². The number of fused-ring (bicyclic) bond motifs is 1. The summed E-state index contributed by atoms with van der Waals surface area (Å²) in [6.07, 6.45) is 11.8. The Morgan fingerprint density at radius 1 is 0.722 bits per heavy atom. The molecule has 8 heteroatoms. The van der Waals surface area contributed by atoms with Gasteiger partial charge in [0.25, 0.3) is 0 Å². The van der Waals surface area contributed by atoms with Gasteiger partial charge in [0.05, 0.1) is 22.5 Å². The van der Waals surface area contributed by atoms with Crippen LogP contribution in [0.25, 0.3) is 11.0 Å². The fraction of sp³-hybridized carbons (Fsp3) is 0.643. The maximum Gasteiger partial charge on any atom is 0.233 e. The number of hydrogen-bond acceptors (Lipinski definition) is 6. The molecule has 0 aliphatic heterocycles. The van der Waals surface area contributed by atoms with E-state index >= 15 is 0 Å². The summed E-state index contributed by atoms with van der Waals surface area (Å²) in [7, 11) is 0. The number of amides is 2. The summed E-state index contributed by atoms with van der Waals surface area (Å²) in [4.78, 5) is 40.2. The molecule has 0 spiro atoms. The topological polar surface area (TPSA) is 66.4 Å². The molecule has 1 aromatic heterocycles. The van der Waals surface area contributed by atoms with Crippen molar-refractivity contribution in [1.29, 1.82) is 0 Å². The van der Waals surface area contributed by atoms with Crippen molar-refractivity contribution in [3.8, 4) is 0 Å². The normalized spacial score (nSPS) is 17.3. The molecule has 4 rings (SSSR count). The van der Waals surface area contributed by atoms with Gasteiger partial charge in [-0.3, -0.25) is 9.59 Å². The Labute approximate surface area is 224 Å². The lowest BCUT2D eigenvalue weighted by Gasteiger charge is -2.33. The minimum atomic E-state index is 0.172. The van der Waals surface area contributed by atoms with Gasteiger partial charge in [0, 0.05) is 25.2 Å². The van der Waals surface area contributed by atoms with Crippen molar-refractivity contribution >= 4 is 46.4 Å². The quantitative estimate of drug-likeness (QED) is 0.343. The van der Waals surface area contributed by atoms with E-state index in [2.05, 4.69) is 23.6 Å².